The lowest BCUT2D eigenvalue weighted by Gasteiger charge is -2.10. The van der Waals surface area contributed by atoms with Gasteiger partial charge < -0.3 is 10.2 Å². The minimum Gasteiger partial charge on any atom is -0.506 e. The molecule has 126 valence electrons. The smallest absolute Gasteiger partial charge is 0.335 e. The van der Waals surface area contributed by atoms with Gasteiger partial charge in [0, 0.05) is 6.07 Å². The van der Waals surface area contributed by atoms with Gasteiger partial charge in [0.25, 0.3) is 15.7 Å². The number of nitrogens with one attached hydrogen (secondary N) is 1. The average Bonchev–Trinajstić information content (AvgIpc) is 2.48. The van der Waals surface area contributed by atoms with Gasteiger partial charge in [-0.25, -0.2) is 13.2 Å². The van der Waals surface area contributed by atoms with Crippen molar-refractivity contribution in [1.82, 2.24) is 0 Å². The molecule has 0 aromatic heterocycles. The van der Waals surface area contributed by atoms with Crippen LogP contribution in [0.3, 0.4) is 0 Å². The van der Waals surface area contributed by atoms with E-state index in [2.05, 4.69) is 0 Å². The zero-order chi connectivity index (χ0) is 18.1. The molecule has 9 nitrogen and oxygen atoms in total. The van der Waals surface area contributed by atoms with Crippen LogP contribution in [-0.2, 0) is 10.0 Å². The molecule has 3 N–H and O–H groups in total. The van der Waals surface area contributed by atoms with Crippen LogP contribution in [0.1, 0.15) is 10.4 Å². The van der Waals surface area contributed by atoms with E-state index >= 15 is 0 Å². The first kappa shape index (κ1) is 17.5. The molecule has 2 aromatic carbocycles. The third kappa shape index (κ3) is 3.55. The summed E-state index contributed by atoms with van der Waals surface area (Å²) in [6.07, 6.45) is 0. The second-order valence-corrected chi connectivity index (χ2v) is 6.60. The number of anilines is 1. The lowest BCUT2D eigenvalue weighted by atomic mass is 10.2. The molecule has 0 bridgehead atoms. The summed E-state index contributed by atoms with van der Waals surface area (Å²) in [5.41, 5.74) is -1.11. The van der Waals surface area contributed by atoms with Gasteiger partial charge in [-0.15, -0.1) is 0 Å². The van der Waals surface area contributed by atoms with Gasteiger partial charge in [-0.1, -0.05) is 11.6 Å². The number of nitro groups is 1. The number of carboxylic acid groups (broad SMARTS) is 1. The number of phenols is 1. The van der Waals surface area contributed by atoms with Crippen molar-refractivity contribution in [3.8, 4) is 5.75 Å². The predicted octanol–water partition coefficient (Wildman–Crippen LogP) is 2.45. The van der Waals surface area contributed by atoms with E-state index < -0.39 is 37.2 Å². The fourth-order valence-electron chi connectivity index (χ4n) is 1.75. The van der Waals surface area contributed by atoms with Crippen molar-refractivity contribution in [3.63, 3.8) is 0 Å². The van der Waals surface area contributed by atoms with Crippen LogP contribution in [0.5, 0.6) is 5.75 Å². The van der Waals surface area contributed by atoms with Crippen LogP contribution in [0.15, 0.2) is 41.3 Å². The zero-order valence-corrected chi connectivity index (χ0v) is 13.2. The minimum absolute atomic E-state index is 0.229. The number of halogens is 1. The molecular weight excluding hydrogens is 364 g/mol. The predicted molar refractivity (Wildman–Crippen MR) is 84.0 cm³/mol. The second-order valence-electron chi connectivity index (χ2n) is 4.51. The highest BCUT2D eigenvalue weighted by Crippen LogP contribution is 2.30. The van der Waals surface area contributed by atoms with Gasteiger partial charge >= 0.3 is 5.97 Å². The number of nitrogens with zero attached hydrogens (tertiary/aromatic N) is 1. The number of hydrogen-bond acceptors (Lipinski definition) is 6. The second kappa shape index (κ2) is 6.34. The van der Waals surface area contributed by atoms with Gasteiger partial charge in [-0.3, -0.25) is 14.8 Å². The van der Waals surface area contributed by atoms with Crippen LogP contribution in [0.4, 0.5) is 11.4 Å². The maximum atomic E-state index is 12.3. The van der Waals surface area contributed by atoms with E-state index in [1.165, 1.54) is 0 Å². The molecule has 2 aromatic rings. The summed E-state index contributed by atoms with van der Waals surface area (Å²) < 4.78 is 26.5. The summed E-state index contributed by atoms with van der Waals surface area (Å²) in [4.78, 5) is 20.3. The lowest BCUT2D eigenvalue weighted by molar-refractivity contribution is -0.384. The number of hydrogen-bond donors (Lipinski definition) is 3. The molecule has 0 heterocycles. The van der Waals surface area contributed by atoms with Crippen molar-refractivity contribution in [1.29, 1.82) is 0 Å². The Kier molecular flexibility index (Phi) is 4.62. The van der Waals surface area contributed by atoms with Crippen LogP contribution in [0, 0.1) is 10.1 Å². The summed E-state index contributed by atoms with van der Waals surface area (Å²) in [7, 11) is -4.26. The molecule has 0 aliphatic heterocycles. The molecule has 0 aliphatic carbocycles. The van der Waals surface area contributed by atoms with E-state index in [1.807, 2.05) is 4.72 Å². The summed E-state index contributed by atoms with van der Waals surface area (Å²) in [5.74, 6) is -1.91. The van der Waals surface area contributed by atoms with Gasteiger partial charge in [0.15, 0.2) is 0 Å². The summed E-state index contributed by atoms with van der Waals surface area (Å²) in [6.45, 7) is 0. The van der Waals surface area contributed by atoms with Gasteiger partial charge in [0.1, 0.15) is 10.8 Å². The maximum absolute atomic E-state index is 12.3. The molecule has 24 heavy (non-hydrogen) atoms. The molecule has 2 rings (SSSR count). The highest BCUT2D eigenvalue weighted by atomic mass is 35.5. The van der Waals surface area contributed by atoms with E-state index in [0.717, 1.165) is 36.4 Å². The molecule has 0 saturated carbocycles. The summed E-state index contributed by atoms with van der Waals surface area (Å²) in [5, 5.41) is 29.1. The quantitative estimate of drug-likeness (QED) is 0.414. The number of nitro benzene ring substituents is 1. The van der Waals surface area contributed by atoms with Crippen LogP contribution < -0.4 is 4.72 Å². The zero-order valence-electron chi connectivity index (χ0n) is 11.6. The Morgan fingerprint density at radius 3 is 2.42 bits per heavy atom. The van der Waals surface area contributed by atoms with Gasteiger partial charge in [0.2, 0.25) is 0 Å². The van der Waals surface area contributed by atoms with Crippen molar-refractivity contribution in [2.45, 2.75) is 4.90 Å². The van der Waals surface area contributed by atoms with Crippen LogP contribution in [0.25, 0.3) is 0 Å². The number of carboxylic acids is 1. The lowest BCUT2D eigenvalue weighted by Crippen LogP contribution is -2.13. The standard InChI is InChI=1S/C13H9ClN2O7S/c14-9-3-2-8(6-11(9)16(20)21)24(22,23)15-10-4-1-7(13(18)19)5-12(10)17/h1-6,15,17H,(H,18,19). The topological polar surface area (TPSA) is 147 Å². The molecule has 11 heteroatoms. The molecule has 0 unspecified atom stereocenters. The van der Waals surface area contributed by atoms with Gasteiger partial charge in [-0.2, -0.15) is 0 Å². The third-order valence-corrected chi connectivity index (χ3v) is 4.60. The first-order valence-electron chi connectivity index (χ1n) is 6.15. The van der Waals surface area contributed by atoms with Crippen molar-refractivity contribution in [2.75, 3.05) is 4.72 Å². The molecule has 0 radical (unpaired) electrons. The molecule has 0 atom stereocenters. The Morgan fingerprint density at radius 1 is 1.21 bits per heavy atom. The van der Waals surface area contributed by atoms with E-state index in [1.54, 1.807) is 0 Å². The van der Waals surface area contributed by atoms with Crippen molar-refractivity contribution in [3.05, 3.63) is 57.1 Å². The minimum atomic E-state index is -4.26. The molecule has 0 amide bonds. The van der Waals surface area contributed by atoms with E-state index in [-0.39, 0.29) is 16.3 Å². The maximum Gasteiger partial charge on any atom is 0.335 e. The number of phenolic OH excluding ortho intramolecular Hbond substituents is 1. The highest BCUT2D eigenvalue weighted by molar-refractivity contribution is 7.92. The third-order valence-electron chi connectivity index (χ3n) is 2.91. The van der Waals surface area contributed by atoms with E-state index in [9.17, 15) is 28.4 Å². The number of rotatable bonds is 5. The highest BCUT2D eigenvalue weighted by Gasteiger charge is 2.22. The Morgan fingerprint density at radius 2 is 1.88 bits per heavy atom. The normalized spacial score (nSPS) is 11.0. The Hall–Kier alpha value is -2.85. The fourth-order valence-corrected chi connectivity index (χ4v) is 3.03. The van der Waals surface area contributed by atoms with Crippen molar-refractivity contribution >= 4 is 39.0 Å². The Balaban J connectivity index is 2.41. The van der Waals surface area contributed by atoms with Gasteiger partial charge in [-0.05, 0) is 30.3 Å². The summed E-state index contributed by atoms with van der Waals surface area (Å²) >= 11 is 5.62. The number of benzene rings is 2. The molecular formula is C13H9ClN2O7S. The van der Waals surface area contributed by atoms with E-state index in [4.69, 9.17) is 16.7 Å². The summed E-state index contributed by atoms with van der Waals surface area (Å²) in [6, 6.07) is 5.89. The Bertz CT molecular complexity index is 943. The largest absolute Gasteiger partial charge is 0.506 e. The van der Waals surface area contributed by atoms with Crippen LogP contribution in [0.2, 0.25) is 5.02 Å². The number of carbonyl (C=O) groups is 1. The number of aromatic hydroxyl groups is 1. The SMILES string of the molecule is O=C(O)c1ccc(NS(=O)(=O)c2ccc(Cl)c([N+](=O)[O-])c2)c(O)c1. The van der Waals surface area contributed by atoms with E-state index in [0.29, 0.717) is 0 Å². The molecule has 0 fully saturated rings. The van der Waals surface area contributed by atoms with Crippen molar-refractivity contribution < 1.29 is 28.3 Å². The van der Waals surface area contributed by atoms with Gasteiger partial charge in [0.05, 0.1) is 21.1 Å². The molecule has 0 saturated heterocycles. The monoisotopic (exact) mass is 372 g/mol. The number of aromatic carboxylic acids is 1. The fraction of sp³-hybridized carbons (Fsp3) is 0. The first-order valence-corrected chi connectivity index (χ1v) is 8.01. The molecule has 0 spiro atoms. The van der Waals surface area contributed by atoms with Crippen molar-refractivity contribution in [2.24, 2.45) is 0 Å². The molecule has 0 aliphatic rings. The van der Waals surface area contributed by atoms with Crippen LogP contribution in [-0.4, -0.2) is 29.5 Å². The average molecular weight is 373 g/mol. The number of sulfonamides is 1. The first-order chi connectivity index (χ1) is 11.1. The Labute approximate surface area is 140 Å². The van der Waals surface area contributed by atoms with Crippen LogP contribution >= 0.6 is 11.6 Å².